The fourth-order valence-corrected chi connectivity index (χ4v) is 2.98. The number of nitrogens with zero attached hydrogens (tertiary/aromatic N) is 1. The van der Waals surface area contributed by atoms with Crippen LogP contribution in [-0.4, -0.2) is 30.6 Å². The smallest absolute Gasteiger partial charge is 0.223 e. The van der Waals surface area contributed by atoms with Crippen LogP contribution in [0, 0.1) is 13.8 Å². The molecule has 0 atom stereocenters. The lowest BCUT2D eigenvalue weighted by molar-refractivity contribution is -0.121. The average Bonchev–Trinajstić information content (AvgIpc) is 2.69. The van der Waals surface area contributed by atoms with Crippen LogP contribution < -0.4 is 14.8 Å². The number of rotatable bonds is 9. The quantitative estimate of drug-likeness (QED) is 0.567. The van der Waals surface area contributed by atoms with Crippen LogP contribution >= 0.6 is 0 Å². The lowest BCUT2D eigenvalue weighted by Gasteiger charge is -2.11. The number of hydrogen-bond donors (Lipinski definition) is 1. The third kappa shape index (κ3) is 5.46. The van der Waals surface area contributed by atoms with Crippen molar-refractivity contribution >= 4 is 16.8 Å². The Kier molecular flexibility index (Phi) is 6.84. The second kappa shape index (κ2) is 9.74. The summed E-state index contributed by atoms with van der Waals surface area (Å²) in [5.74, 6) is 1.58. The summed E-state index contributed by atoms with van der Waals surface area (Å²) in [6.07, 6.45) is 2.82. The van der Waals surface area contributed by atoms with Crippen LogP contribution in [0.5, 0.6) is 11.5 Å². The van der Waals surface area contributed by atoms with E-state index in [9.17, 15) is 4.79 Å². The highest BCUT2D eigenvalue weighted by molar-refractivity contribution is 5.84. The van der Waals surface area contributed by atoms with Gasteiger partial charge in [-0.25, -0.2) is 0 Å². The van der Waals surface area contributed by atoms with Gasteiger partial charge in [0.2, 0.25) is 5.91 Å². The highest BCUT2D eigenvalue weighted by Gasteiger charge is 2.05. The molecule has 0 spiro atoms. The van der Waals surface area contributed by atoms with Crippen molar-refractivity contribution in [3.8, 4) is 11.5 Å². The Morgan fingerprint density at radius 3 is 2.68 bits per heavy atom. The molecule has 146 valence electrons. The zero-order valence-electron chi connectivity index (χ0n) is 16.4. The van der Waals surface area contributed by atoms with Crippen molar-refractivity contribution < 1.29 is 14.3 Å². The Morgan fingerprint density at radius 1 is 1.00 bits per heavy atom. The fourth-order valence-electron chi connectivity index (χ4n) is 2.98. The zero-order chi connectivity index (χ0) is 19.8. The molecule has 0 saturated heterocycles. The molecule has 5 nitrogen and oxygen atoms in total. The monoisotopic (exact) mass is 378 g/mol. The van der Waals surface area contributed by atoms with Crippen molar-refractivity contribution in [3.05, 3.63) is 65.9 Å². The van der Waals surface area contributed by atoms with Crippen LogP contribution in [0.25, 0.3) is 10.9 Å². The molecular weight excluding hydrogens is 352 g/mol. The molecule has 3 rings (SSSR count). The standard InChI is InChI=1S/C23H26N2O3/c1-17-9-10-20(18(2)16-17)28-15-11-22(26)24-13-5-14-27-21-8-3-6-19-7-4-12-25-23(19)21/h3-4,6-10,12,16H,5,11,13-15H2,1-2H3,(H,24,26). The second-order valence-electron chi connectivity index (χ2n) is 6.75. The fraction of sp³-hybridized carbons (Fsp3) is 0.304. The molecule has 1 aromatic heterocycles. The summed E-state index contributed by atoms with van der Waals surface area (Å²) in [6, 6.07) is 15.8. The van der Waals surface area contributed by atoms with E-state index in [4.69, 9.17) is 9.47 Å². The van der Waals surface area contributed by atoms with Crippen LogP contribution in [0.3, 0.4) is 0 Å². The molecule has 5 heteroatoms. The molecule has 0 aliphatic heterocycles. The first kappa shape index (κ1) is 19.7. The van der Waals surface area contributed by atoms with Crippen molar-refractivity contribution in [2.24, 2.45) is 0 Å². The van der Waals surface area contributed by atoms with Gasteiger partial charge in [-0.3, -0.25) is 9.78 Å². The third-order valence-electron chi connectivity index (χ3n) is 4.41. The molecule has 0 radical (unpaired) electrons. The van der Waals surface area contributed by atoms with Crippen molar-refractivity contribution in [1.29, 1.82) is 0 Å². The van der Waals surface area contributed by atoms with Gasteiger partial charge >= 0.3 is 0 Å². The summed E-state index contributed by atoms with van der Waals surface area (Å²) in [4.78, 5) is 16.3. The zero-order valence-corrected chi connectivity index (χ0v) is 16.4. The highest BCUT2D eigenvalue weighted by atomic mass is 16.5. The van der Waals surface area contributed by atoms with Crippen LogP contribution in [0.4, 0.5) is 0 Å². The van der Waals surface area contributed by atoms with E-state index < -0.39 is 0 Å². The number of benzene rings is 2. The van der Waals surface area contributed by atoms with E-state index >= 15 is 0 Å². The highest BCUT2D eigenvalue weighted by Crippen LogP contribution is 2.23. The van der Waals surface area contributed by atoms with Gasteiger partial charge in [0.25, 0.3) is 0 Å². The molecule has 3 aromatic rings. The molecular formula is C23H26N2O3. The van der Waals surface area contributed by atoms with Crippen LogP contribution in [-0.2, 0) is 4.79 Å². The van der Waals surface area contributed by atoms with Gasteiger partial charge in [0.05, 0.1) is 19.6 Å². The Bertz CT molecular complexity index is 935. The molecule has 0 saturated carbocycles. The number of carbonyl (C=O) groups is 1. The van der Waals surface area contributed by atoms with Crippen LogP contribution in [0.1, 0.15) is 24.0 Å². The first-order valence-corrected chi connectivity index (χ1v) is 9.57. The molecule has 1 amide bonds. The molecule has 0 aliphatic rings. The summed E-state index contributed by atoms with van der Waals surface area (Å²) in [6.45, 7) is 5.52. The summed E-state index contributed by atoms with van der Waals surface area (Å²) in [7, 11) is 0. The number of aryl methyl sites for hydroxylation is 2. The van der Waals surface area contributed by atoms with Gasteiger partial charge in [0.15, 0.2) is 0 Å². The minimum Gasteiger partial charge on any atom is -0.493 e. The predicted octanol–water partition coefficient (Wildman–Crippen LogP) is 4.21. The van der Waals surface area contributed by atoms with Gasteiger partial charge in [-0.15, -0.1) is 0 Å². The van der Waals surface area contributed by atoms with Gasteiger partial charge in [0, 0.05) is 18.1 Å². The van der Waals surface area contributed by atoms with Crippen molar-refractivity contribution in [2.75, 3.05) is 19.8 Å². The SMILES string of the molecule is Cc1ccc(OCCC(=O)NCCCOc2cccc3cccnc23)c(C)c1. The van der Waals surface area contributed by atoms with Gasteiger partial charge in [-0.2, -0.15) is 0 Å². The third-order valence-corrected chi connectivity index (χ3v) is 4.41. The van der Waals surface area contributed by atoms with Gasteiger partial charge in [-0.05, 0) is 44.0 Å². The number of fused-ring (bicyclic) bond motifs is 1. The minimum atomic E-state index is -0.0170. The topological polar surface area (TPSA) is 60.5 Å². The summed E-state index contributed by atoms with van der Waals surface area (Å²) < 4.78 is 11.5. The lowest BCUT2D eigenvalue weighted by atomic mass is 10.1. The second-order valence-corrected chi connectivity index (χ2v) is 6.75. The molecule has 0 unspecified atom stereocenters. The van der Waals surface area contributed by atoms with Crippen LogP contribution in [0.15, 0.2) is 54.7 Å². The molecule has 0 aliphatic carbocycles. The Labute approximate surface area is 165 Å². The number of carbonyl (C=O) groups excluding carboxylic acids is 1. The Hall–Kier alpha value is -3.08. The molecule has 0 fully saturated rings. The minimum absolute atomic E-state index is 0.0170. The van der Waals surface area contributed by atoms with E-state index in [1.807, 2.05) is 56.3 Å². The number of amides is 1. The number of aromatic nitrogens is 1. The first-order valence-electron chi connectivity index (χ1n) is 9.57. The Balaban J connectivity index is 1.33. The largest absolute Gasteiger partial charge is 0.493 e. The lowest BCUT2D eigenvalue weighted by Crippen LogP contribution is -2.26. The number of nitrogens with one attached hydrogen (secondary N) is 1. The summed E-state index contributed by atoms with van der Waals surface area (Å²) in [5.41, 5.74) is 3.14. The number of ether oxygens (including phenoxy) is 2. The van der Waals surface area contributed by atoms with E-state index in [0.29, 0.717) is 26.2 Å². The average molecular weight is 378 g/mol. The predicted molar refractivity (Wildman–Crippen MR) is 111 cm³/mol. The number of para-hydroxylation sites is 1. The molecule has 0 bridgehead atoms. The maximum Gasteiger partial charge on any atom is 0.223 e. The maximum atomic E-state index is 11.9. The van der Waals surface area contributed by atoms with E-state index in [1.165, 1.54) is 5.56 Å². The van der Waals surface area contributed by atoms with E-state index in [-0.39, 0.29) is 5.91 Å². The number of pyridine rings is 1. The van der Waals surface area contributed by atoms with Crippen molar-refractivity contribution in [3.63, 3.8) is 0 Å². The van der Waals surface area contributed by atoms with E-state index in [0.717, 1.165) is 34.4 Å². The van der Waals surface area contributed by atoms with Crippen molar-refractivity contribution in [2.45, 2.75) is 26.7 Å². The van der Waals surface area contributed by atoms with Gasteiger partial charge in [0.1, 0.15) is 17.0 Å². The van der Waals surface area contributed by atoms with Crippen LogP contribution in [0.2, 0.25) is 0 Å². The normalized spacial score (nSPS) is 10.6. The molecule has 2 aromatic carbocycles. The van der Waals surface area contributed by atoms with Crippen molar-refractivity contribution in [1.82, 2.24) is 10.3 Å². The summed E-state index contributed by atoms with van der Waals surface area (Å²) in [5, 5.41) is 3.95. The molecule has 1 N–H and O–H groups in total. The van der Waals surface area contributed by atoms with Gasteiger partial charge in [-0.1, -0.05) is 35.9 Å². The molecule has 1 heterocycles. The first-order chi connectivity index (χ1) is 13.6. The van der Waals surface area contributed by atoms with E-state index in [2.05, 4.69) is 16.4 Å². The molecule has 28 heavy (non-hydrogen) atoms. The number of hydrogen-bond acceptors (Lipinski definition) is 4. The summed E-state index contributed by atoms with van der Waals surface area (Å²) >= 11 is 0. The van der Waals surface area contributed by atoms with Gasteiger partial charge < -0.3 is 14.8 Å². The Morgan fingerprint density at radius 2 is 1.82 bits per heavy atom. The van der Waals surface area contributed by atoms with E-state index in [1.54, 1.807) is 6.20 Å². The maximum absolute atomic E-state index is 11.9.